The smallest absolute Gasteiger partial charge is 0.00664 e. The third kappa shape index (κ3) is 8.24. The van der Waals surface area contributed by atoms with Crippen LogP contribution in [0.25, 0.3) is 0 Å². The zero-order chi connectivity index (χ0) is 33.3. The van der Waals surface area contributed by atoms with E-state index in [4.69, 9.17) is 0 Å². The van der Waals surface area contributed by atoms with Gasteiger partial charge in [0.25, 0.3) is 0 Å². The van der Waals surface area contributed by atoms with Crippen molar-refractivity contribution in [3.63, 3.8) is 0 Å². The Morgan fingerprint density at radius 2 is 1.00 bits per heavy atom. The van der Waals surface area contributed by atoms with Gasteiger partial charge >= 0.3 is 0 Å². The topological polar surface area (TPSA) is 0 Å². The first-order valence-electron chi connectivity index (χ1n) is 17.7. The lowest BCUT2D eigenvalue weighted by atomic mass is 9.71. The Kier molecular flexibility index (Phi) is 14.4. The average Bonchev–Trinajstić information content (AvgIpc) is 3.00. The fraction of sp³-hybridized carbons (Fsp3) is 0.500. The molecule has 0 spiro atoms. The summed E-state index contributed by atoms with van der Waals surface area (Å²) in [5.74, 6) is 1.93. The minimum absolute atomic E-state index is 0.369. The summed E-state index contributed by atoms with van der Waals surface area (Å²) < 4.78 is 0. The molecule has 4 atom stereocenters. The molecule has 0 nitrogen and oxygen atoms in total. The van der Waals surface area contributed by atoms with Crippen LogP contribution in [-0.2, 0) is 12.8 Å². The standard InChI is InChI=1S/C38H46.3C2H6/c1-22-10-12-34(26(5)14-22)35-13-11-31-18-32(24(3)15-23(31)2)19-33-20-36(27(6)16-25(33)4)30(9)37-21-38(35)29(8)17-28(37)7;3*1-2/h10,12,14-18,20-21,26,30,34-35H,11,13,19H2,1-9H3;3*1-2H3. The second kappa shape index (κ2) is 17.0. The van der Waals surface area contributed by atoms with E-state index in [0.29, 0.717) is 23.7 Å². The largest absolute Gasteiger partial charge is 0.0800 e. The second-order valence-corrected chi connectivity index (χ2v) is 12.7. The van der Waals surface area contributed by atoms with E-state index in [1.165, 1.54) is 73.2 Å². The summed E-state index contributed by atoms with van der Waals surface area (Å²) in [7, 11) is 0. The van der Waals surface area contributed by atoms with Crippen molar-refractivity contribution in [2.45, 2.75) is 135 Å². The van der Waals surface area contributed by atoms with Crippen molar-refractivity contribution < 1.29 is 0 Å². The van der Waals surface area contributed by atoms with Gasteiger partial charge in [0.2, 0.25) is 0 Å². The molecule has 4 unspecified atom stereocenters. The molecule has 0 aromatic heterocycles. The van der Waals surface area contributed by atoms with Crippen molar-refractivity contribution in [3.05, 3.63) is 127 Å². The lowest BCUT2D eigenvalue weighted by molar-refractivity contribution is 0.393. The van der Waals surface area contributed by atoms with Crippen LogP contribution in [0.4, 0.5) is 0 Å². The zero-order valence-electron chi connectivity index (χ0n) is 31.1. The Morgan fingerprint density at radius 1 is 0.523 bits per heavy atom. The summed E-state index contributed by atoms with van der Waals surface area (Å²) in [5.41, 5.74) is 19.0. The first-order valence-corrected chi connectivity index (χ1v) is 17.7. The van der Waals surface area contributed by atoms with Crippen LogP contribution >= 0.6 is 0 Å². The molecule has 0 saturated heterocycles. The third-order valence-corrected chi connectivity index (χ3v) is 9.79. The minimum atomic E-state index is 0.369. The maximum Gasteiger partial charge on any atom is 0.00664 e. The van der Waals surface area contributed by atoms with Crippen molar-refractivity contribution in [1.29, 1.82) is 0 Å². The van der Waals surface area contributed by atoms with Gasteiger partial charge in [0.15, 0.2) is 0 Å². The van der Waals surface area contributed by atoms with E-state index in [1.807, 2.05) is 41.5 Å². The van der Waals surface area contributed by atoms with Crippen molar-refractivity contribution in [3.8, 4) is 0 Å². The maximum absolute atomic E-state index is 2.60. The molecule has 0 heteroatoms. The number of hydrogen-bond acceptors (Lipinski definition) is 0. The van der Waals surface area contributed by atoms with Gasteiger partial charge in [-0.3, -0.25) is 0 Å². The fourth-order valence-electron chi connectivity index (χ4n) is 7.49. The molecule has 44 heavy (non-hydrogen) atoms. The number of rotatable bonds is 1. The zero-order valence-corrected chi connectivity index (χ0v) is 31.1. The molecule has 240 valence electrons. The first kappa shape index (κ1) is 37.3. The van der Waals surface area contributed by atoms with E-state index in [-0.39, 0.29) is 0 Å². The van der Waals surface area contributed by atoms with Crippen LogP contribution in [0.1, 0.15) is 147 Å². The molecule has 0 fully saturated rings. The number of fused-ring (bicyclic) bond motifs is 6. The van der Waals surface area contributed by atoms with Gasteiger partial charge in [-0.25, -0.2) is 0 Å². The summed E-state index contributed by atoms with van der Waals surface area (Å²) in [6, 6.07) is 15.0. The Morgan fingerprint density at radius 3 is 1.59 bits per heavy atom. The summed E-state index contributed by atoms with van der Waals surface area (Å²) in [5, 5.41) is 0. The first-order chi connectivity index (χ1) is 21.0. The third-order valence-electron chi connectivity index (χ3n) is 9.79. The predicted molar refractivity (Wildman–Crippen MR) is 199 cm³/mol. The molecular weight excluding hydrogens is 528 g/mol. The predicted octanol–water partition coefficient (Wildman–Crippen LogP) is 13.2. The van der Waals surface area contributed by atoms with Gasteiger partial charge in [-0.15, -0.1) is 0 Å². The van der Waals surface area contributed by atoms with E-state index in [1.54, 1.807) is 5.56 Å². The Hall–Kier alpha value is -2.86. The van der Waals surface area contributed by atoms with E-state index in [9.17, 15) is 0 Å². The monoisotopic (exact) mass is 593 g/mol. The molecule has 2 aliphatic carbocycles. The van der Waals surface area contributed by atoms with Crippen molar-refractivity contribution in [2.75, 3.05) is 0 Å². The van der Waals surface area contributed by atoms with Crippen LogP contribution in [-0.4, -0.2) is 0 Å². The van der Waals surface area contributed by atoms with Gasteiger partial charge < -0.3 is 0 Å². The molecule has 0 saturated carbocycles. The van der Waals surface area contributed by atoms with Crippen molar-refractivity contribution >= 4 is 0 Å². The lowest BCUT2D eigenvalue weighted by Gasteiger charge is -2.33. The van der Waals surface area contributed by atoms with Crippen LogP contribution in [0, 0.1) is 53.4 Å². The van der Waals surface area contributed by atoms with Crippen LogP contribution in [0.15, 0.2) is 60.2 Å². The van der Waals surface area contributed by atoms with E-state index >= 15 is 0 Å². The highest BCUT2D eigenvalue weighted by Gasteiger charge is 2.29. The SMILES string of the molecule is CC.CC.CC.CC1=CC(C)C(C2CCc3cc(c(C)cc3C)Cc3cc(c(C)cc3C)C(C)c3cc2c(C)cc3C)C=C1. The molecule has 0 N–H and O–H groups in total. The molecule has 0 amide bonds. The van der Waals surface area contributed by atoms with Gasteiger partial charge in [0.1, 0.15) is 0 Å². The molecule has 0 radical (unpaired) electrons. The van der Waals surface area contributed by atoms with Crippen molar-refractivity contribution in [1.82, 2.24) is 0 Å². The highest BCUT2D eigenvalue weighted by molar-refractivity contribution is 5.50. The molecule has 5 rings (SSSR count). The van der Waals surface area contributed by atoms with Gasteiger partial charge in [0, 0.05) is 5.92 Å². The van der Waals surface area contributed by atoms with Crippen LogP contribution in [0.2, 0.25) is 0 Å². The van der Waals surface area contributed by atoms with Crippen LogP contribution in [0.3, 0.4) is 0 Å². The highest BCUT2D eigenvalue weighted by Crippen LogP contribution is 2.42. The van der Waals surface area contributed by atoms with Gasteiger partial charge in [0.05, 0.1) is 0 Å². The molecule has 0 heterocycles. The molecule has 2 aliphatic rings. The van der Waals surface area contributed by atoms with Gasteiger partial charge in [-0.1, -0.05) is 116 Å². The number of aryl methyl sites for hydroxylation is 7. The van der Waals surface area contributed by atoms with E-state index < -0.39 is 0 Å². The number of allylic oxidation sites excluding steroid dienone is 4. The molecule has 6 bridgehead atoms. The van der Waals surface area contributed by atoms with Gasteiger partial charge in [-0.05, 0) is 152 Å². The fourth-order valence-corrected chi connectivity index (χ4v) is 7.49. The van der Waals surface area contributed by atoms with Crippen LogP contribution < -0.4 is 0 Å². The van der Waals surface area contributed by atoms with E-state index in [2.05, 4.69) is 117 Å². The maximum atomic E-state index is 2.60. The Balaban J connectivity index is 0.00000106. The number of benzene rings is 3. The summed E-state index contributed by atoms with van der Waals surface area (Å²) in [6.07, 6.45) is 10.7. The van der Waals surface area contributed by atoms with E-state index in [0.717, 1.165) is 12.8 Å². The Labute approximate surface area is 273 Å². The summed E-state index contributed by atoms with van der Waals surface area (Å²) >= 11 is 0. The minimum Gasteiger partial charge on any atom is -0.0800 e. The average molecular weight is 593 g/mol. The quantitative estimate of drug-likeness (QED) is 0.264. The molecule has 0 aliphatic heterocycles. The normalized spacial score (nSPS) is 20.4. The number of hydrogen-bond donors (Lipinski definition) is 0. The van der Waals surface area contributed by atoms with Gasteiger partial charge in [-0.2, -0.15) is 0 Å². The Bertz CT molecular complexity index is 1440. The van der Waals surface area contributed by atoms with Crippen molar-refractivity contribution in [2.24, 2.45) is 11.8 Å². The van der Waals surface area contributed by atoms with Crippen LogP contribution in [0.5, 0.6) is 0 Å². The lowest BCUT2D eigenvalue weighted by Crippen LogP contribution is -2.22. The molecule has 3 aromatic carbocycles. The highest BCUT2D eigenvalue weighted by atomic mass is 14.3. The second-order valence-electron chi connectivity index (χ2n) is 12.7. The molecular formula is C44H64. The summed E-state index contributed by atoms with van der Waals surface area (Å²) in [4.78, 5) is 0. The molecule has 3 aromatic rings. The summed E-state index contributed by atoms with van der Waals surface area (Å²) in [6.45, 7) is 32.9.